The van der Waals surface area contributed by atoms with Gasteiger partial charge in [0, 0.05) is 11.6 Å². The molecule has 0 aliphatic carbocycles. The van der Waals surface area contributed by atoms with Crippen molar-refractivity contribution >= 4 is 18.0 Å². The molecule has 1 N–H and O–H groups in total. The number of amides is 1. The zero-order valence-electron chi connectivity index (χ0n) is 12.1. The van der Waals surface area contributed by atoms with Gasteiger partial charge in [-0.15, -0.1) is 0 Å². The summed E-state index contributed by atoms with van der Waals surface area (Å²) >= 11 is 6.29. The molecule has 1 atom stereocenters. The molecule has 0 aliphatic heterocycles. The van der Waals surface area contributed by atoms with E-state index in [1.54, 1.807) is 0 Å². The van der Waals surface area contributed by atoms with Gasteiger partial charge in [-0.1, -0.05) is 44.5 Å². The third-order valence-electron chi connectivity index (χ3n) is 3.40. The Morgan fingerprint density at radius 3 is 2.63 bits per heavy atom. The number of carbonyl (C=O) groups is 1. The first-order valence-electron chi connectivity index (χ1n) is 7.00. The maximum Gasteiger partial charge on any atom is 0.207 e. The lowest BCUT2D eigenvalue weighted by Crippen LogP contribution is -2.19. The van der Waals surface area contributed by atoms with Crippen molar-refractivity contribution in [2.45, 2.75) is 46.0 Å². The van der Waals surface area contributed by atoms with E-state index in [0.717, 1.165) is 37.2 Å². The topological polar surface area (TPSA) is 29.1 Å². The molecule has 106 valence electrons. The molecule has 1 unspecified atom stereocenters. The number of hydrogen-bond donors (Lipinski definition) is 1. The van der Waals surface area contributed by atoms with Crippen LogP contribution in [0.4, 0.5) is 0 Å². The van der Waals surface area contributed by atoms with E-state index in [0.29, 0.717) is 11.8 Å². The average molecular weight is 282 g/mol. The Morgan fingerprint density at radius 1 is 1.32 bits per heavy atom. The Bertz CT molecular complexity index is 404. The van der Waals surface area contributed by atoms with E-state index in [4.69, 9.17) is 11.6 Å². The van der Waals surface area contributed by atoms with Crippen molar-refractivity contribution in [3.05, 3.63) is 34.3 Å². The second-order valence-electron chi connectivity index (χ2n) is 5.53. The highest BCUT2D eigenvalue weighted by molar-refractivity contribution is 6.31. The Hall–Kier alpha value is -1.02. The van der Waals surface area contributed by atoms with Crippen LogP contribution in [-0.2, 0) is 11.2 Å². The van der Waals surface area contributed by atoms with Crippen molar-refractivity contribution in [2.75, 3.05) is 6.54 Å². The Labute approximate surface area is 121 Å². The van der Waals surface area contributed by atoms with E-state index in [1.807, 2.05) is 0 Å². The fraction of sp³-hybridized carbons (Fsp3) is 0.562. The van der Waals surface area contributed by atoms with Crippen molar-refractivity contribution in [2.24, 2.45) is 5.92 Å². The van der Waals surface area contributed by atoms with E-state index >= 15 is 0 Å². The first-order chi connectivity index (χ1) is 9.04. The van der Waals surface area contributed by atoms with Crippen molar-refractivity contribution in [1.29, 1.82) is 0 Å². The predicted octanol–water partition coefficient (Wildman–Crippen LogP) is 4.17. The molecule has 2 nitrogen and oxygen atoms in total. The van der Waals surface area contributed by atoms with Crippen molar-refractivity contribution in [3.63, 3.8) is 0 Å². The highest BCUT2D eigenvalue weighted by Gasteiger charge is 2.06. The maximum absolute atomic E-state index is 10.2. The SMILES string of the molecule is CC(CCCc1ccc(C(C)C)c(Cl)c1)CNC=O. The summed E-state index contributed by atoms with van der Waals surface area (Å²) in [5.41, 5.74) is 2.51. The lowest BCUT2D eigenvalue weighted by Gasteiger charge is -2.12. The van der Waals surface area contributed by atoms with Crippen LogP contribution in [0.1, 0.15) is 50.7 Å². The molecule has 1 aromatic rings. The van der Waals surface area contributed by atoms with E-state index in [1.165, 1.54) is 11.1 Å². The molecule has 0 aliphatic rings. The van der Waals surface area contributed by atoms with Crippen LogP contribution in [0.5, 0.6) is 0 Å². The fourth-order valence-electron chi connectivity index (χ4n) is 2.20. The largest absolute Gasteiger partial charge is 0.358 e. The van der Waals surface area contributed by atoms with Gasteiger partial charge < -0.3 is 5.32 Å². The minimum Gasteiger partial charge on any atom is -0.358 e. The fourth-order valence-corrected chi connectivity index (χ4v) is 2.62. The number of aryl methyl sites for hydroxylation is 1. The monoisotopic (exact) mass is 281 g/mol. The predicted molar refractivity (Wildman–Crippen MR) is 81.7 cm³/mol. The number of hydrogen-bond acceptors (Lipinski definition) is 1. The van der Waals surface area contributed by atoms with E-state index < -0.39 is 0 Å². The summed E-state index contributed by atoms with van der Waals surface area (Å²) in [7, 11) is 0. The summed E-state index contributed by atoms with van der Waals surface area (Å²) < 4.78 is 0. The Morgan fingerprint density at radius 2 is 2.05 bits per heavy atom. The van der Waals surface area contributed by atoms with Crippen LogP contribution in [0, 0.1) is 5.92 Å². The summed E-state index contributed by atoms with van der Waals surface area (Å²) in [6.07, 6.45) is 4.05. The van der Waals surface area contributed by atoms with Crippen LogP contribution in [0.3, 0.4) is 0 Å². The molecule has 0 fully saturated rings. The average Bonchev–Trinajstić information content (AvgIpc) is 2.36. The second-order valence-corrected chi connectivity index (χ2v) is 5.94. The van der Waals surface area contributed by atoms with Gasteiger partial charge in [-0.05, 0) is 48.3 Å². The minimum absolute atomic E-state index is 0.469. The molecule has 0 saturated carbocycles. The number of halogens is 1. The molecule has 0 saturated heterocycles. The smallest absolute Gasteiger partial charge is 0.207 e. The van der Waals surface area contributed by atoms with Crippen LogP contribution in [0.15, 0.2) is 18.2 Å². The zero-order valence-corrected chi connectivity index (χ0v) is 12.8. The first-order valence-corrected chi connectivity index (χ1v) is 7.37. The summed E-state index contributed by atoms with van der Waals surface area (Å²) in [4.78, 5) is 10.2. The molecule has 1 amide bonds. The molecular weight excluding hydrogens is 258 g/mol. The van der Waals surface area contributed by atoms with Gasteiger partial charge in [-0.3, -0.25) is 4.79 Å². The van der Waals surface area contributed by atoms with Crippen LogP contribution >= 0.6 is 11.6 Å². The quantitative estimate of drug-likeness (QED) is 0.712. The normalized spacial score (nSPS) is 12.5. The van der Waals surface area contributed by atoms with Gasteiger partial charge in [0.25, 0.3) is 0 Å². The third kappa shape index (κ3) is 5.65. The van der Waals surface area contributed by atoms with E-state index in [2.05, 4.69) is 44.3 Å². The number of carbonyl (C=O) groups excluding carboxylic acids is 1. The van der Waals surface area contributed by atoms with Crippen molar-refractivity contribution in [1.82, 2.24) is 5.32 Å². The Kier molecular flexibility index (Phi) is 6.93. The molecule has 3 heteroatoms. The number of benzene rings is 1. The molecule has 0 spiro atoms. The third-order valence-corrected chi connectivity index (χ3v) is 3.73. The highest BCUT2D eigenvalue weighted by atomic mass is 35.5. The first kappa shape index (κ1) is 16.0. The molecule has 1 rings (SSSR count). The van der Waals surface area contributed by atoms with E-state index in [9.17, 15) is 4.79 Å². The number of rotatable bonds is 8. The summed E-state index contributed by atoms with van der Waals surface area (Å²) in [5.74, 6) is 0.992. The van der Waals surface area contributed by atoms with Crippen LogP contribution in [-0.4, -0.2) is 13.0 Å². The van der Waals surface area contributed by atoms with Crippen molar-refractivity contribution in [3.8, 4) is 0 Å². The summed E-state index contributed by atoms with van der Waals surface area (Å²) in [6.45, 7) is 7.23. The highest BCUT2D eigenvalue weighted by Crippen LogP contribution is 2.25. The summed E-state index contributed by atoms with van der Waals surface area (Å²) in [6, 6.07) is 6.40. The Balaban J connectivity index is 2.41. The molecule has 19 heavy (non-hydrogen) atoms. The molecule has 0 radical (unpaired) electrons. The van der Waals surface area contributed by atoms with Crippen LogP contribution in [0.25, 0.3) is 0 Å². The standard InChI is InChI=1S/C16H24ClNO/c1-12(2)15-8-7-14(9-16(15)17)6-4-5-13(3)10-18-11-19/h7-9,11-13H,4-6,10H2,1-3H3,(H,18,19). The van der Waals surface area contributed by atoms with Crippen LogP contribution < -0.4 is 5.32 Å². The lowest BCUT2D eigenvalue weighted by atomic mass is 9.98. The van der Waals surface area contributed by atoms with Gasteiger partial charge in [0.1, 0.15) is 0 Å². The van der Waals surface area contributed by atoms with Crippen LogP contribution in [0.2, 0.25) is 5.02 Å². The molecular formula is C16H24ClNO. The van der Waals surface area contributed by atoms with Gasteiger partial charge in [-0.2, -0.15) is 0 Å². The van der Waals surface area contributed by atoms with Crippen molar-refractivity contribution < 1.29 is 4.79 Å². The minimum atomic E-state index is 0.469. The maximum atomic E-state index is 10.2. The van der Waals surface area contributed by atoms with Gasteiger partial charge in [0.2, 0.25) is 6.41 Å². The van der Waals surface area contributed by atoms with Gasteiger partial charge in [0.15, 0.2) is 0 Å². The molecule has 0 heterocycles. The van der Waals surface area contributed by atoms with E-state index in [-0.39, 0.29) is 0 Å². The molecule has 0 aromatic heterocycles. The molecule has 1 aromatic carbocycles. The number of nitrogens with one attached hydrogen (secondary N) is 1. The van der Waals surface area contributed by atoms with Gasteiger partial charge in [-0.25, -0.2) is 0 Å². The summed E-state index contributed by atoms with van der Waals surface area (Å²) in [5, 5.41) is 3.60. The second kappa shape index (κ2) is 8.21. The zero-order chi connectivity index (χ0) is 14.3. The molecule has 0 bridgehead atoms. The van der Waals surface area contributed by atoms with Gasteiger partial charge in [0.05, 0.1) is 0 Å². The van der Waals surface area contributed by atoms with Gasteiger partial charge >= 0.3 is 0 Å². The lowest BCUT2D eigenvalue weighted by molar-refractivity contribution is -0.109.